The lowest BCUT2D eigenvalue weighted by Gasteiger charge is -2.22. The molecule has 0 aromatic rings. The van der Waals surface area contributed by atoms with Gasteiger partial charge in [-0.05, 0) is 45.2 Å². The summed E-state index contributed by atoms with van der Waals surface area (Å²) in [5.41, 5.74) is 5.93. The highest BCUT2D eigenvalue weighted by molar-refractivity contribution is 4.94. The fourth-order valence-electron chi connectivity index (χ4n) is 2.73. The van der Waals surface area contributed by atoms with E-state index in [-0.39, 0.29) is 0 Å². The van der Waals surface area contributed by atoms with Gasteiger partial charge in [0.25, 0.3) is 0 Å². The molecule has 2 saturated heterocycles. The number of hydrogen-bond acceptors (Lipinski definition) is 2. The Balaban J connectivity index is 2.03. The SMILES string of the molecule is CC(N)C1CCN2CCCC12. The van der Waals surface area contributed by atoms with Crippen LogP contribution in [0.2, 0.25) is 0 Å². The van der Waals surface area contributed by atoms with Gasteiger partial charge in [-0.1, -0.05) is 0 Å². The second kappa shape index (κ2) is 2.76. The lowest BCUT2D eigenvalue weighted by molar-refractivity contribution is 0.275. The van der Waals surface area contributed by atoms with Crippen molar-refractivity contribution in [2.75, 3.05) is 13.1 Å². The minimum absolute atomic E-state index is 0.406. The summed E-state index contributed by atoms with van der Waals surface area (Å²) in [4.78, 5) is 2.62. The van der Waals surface area contributed by atoms with Crippen molar-refractivity contribution in [1.29, 1.82) is 0 Å². The van der Waals surface area contributed by atoms with Crippen LogP contribution in [0.5, 0.6) is 0 Å². The Hall–Kier alpha value is -0.0800. The van der Waals surface area contributed by atoms with Crippen molar-refractivity contribution in [3.8, 4) is 0 Å². The van der Waals surface area contributed by atoms with E-state index in [1.54, 1.807) is 0 Å². The van der Waals surface area contributed by atoms with E-state index in [0.717, 1.165) is 12.0 Å². The summed E-state index contributed by atoms with van der Waals surface area (Å²) in [5, 5.41) is 0. The number of nitrogens with two attached hydrogens (primary N) is 1. The van der Waals surface area contributed by atoms with E-state index >= 15 is 0 Å². The van der Waals surface area contributed by atoms with Gasteiger partial charge < -0.3 is 10.6 Å². The Labute approximate surface area is 68.7 Å². The molecular weight excluding hydrogens is 136 g/mol. The maximum absolute atomic E-state index is 5.93. The van der Waals surface area contributed by atoms with Crippen LogP contribution in [0.1, 0.15) is 26.2 Å². The molecule has 2 aliphatic heterocycles. The second-order valence-electron chi connectivity index (χ2n) is 4.06. The summed E-state index contributed by atoms with van der Waals surface area (Å²) in [6.45, 7) is 4.79. The third kappa shape index (κ3) is 1.18. The summed E-state index contributed by atoms with van der Waals surface area (Å²) in [6.07, 6.45) is 4.13. The molecule has 0 aromatic heterocycles. The van der Waals surface area contributed by atoms with Gasteiger partial charge in [0.1, 0.15) is 0 Å². The number of nitrogens with zero attached hydrogens (tertiary/aromatic N) is 1. The molecule has 2 rings (SSSR count). The van der Waals surface area contributed by atoms with Gasteiger partial charge in [0.15, 0.2) is 0 Å². The summed E-state index contributed by atoms with van der Waals surface area (Å²) in [5.74, 6) is 0.789. The Morgan fingerprint density at radius 1 is 1.36 bits per heavy atom. The quantitative estimate of drug-likeness (QED) is 0.606. The molecule has 2 aliphatic rings. The van der Waals surface area contributed by atoms with Crippen molar-refractivity contribution in [2.45, 2.75) is 38.3 Å². The van der Waals surface area contributed by atoms with Gasteiger partial charge in [-0.15, -0.1) is 0 Å². The van der Waals surface area contributed by atoms with E-state index in [1.807, 2.05) is 0 Å². The van der Waals surface area contributed by atoms with Gasteiger partial charge in [0.05, 0.1) is 0 Å². The molecule has 64 valence electrons. The molecule has 0 radical (unpaired) electrons. The molecule has 2 fully saturated rings. The van der Waals surface area contributed by atoms with Crippen molar-refractivity contribution in [3.05, 3.63) is 0 Å². The third-order valence-corrected chi connectivity index (χ3v) is 3.33. The summed E-state index contributed by atoms with van der Waals surface area (Å²) < 4.78 is 0. The van der Waals surface area contributed by atoms with Crippen LogP contribution in [0.4, 0.5) is 0 Å². The zero-order valence-corrected chi connectivity index (χ0v) is 7.29. The molecule has 2 heteroatoms. The first kappa shape index (κ1) is 7.56. The highest BCUT2D eigenvalue weighted by Gasteiger charge is 2.38. The molecule has 2 N–H and O–H groups in total. The summed E-state index contributed by atoms with van der Waals surface area (Å²) in [6, 6.07) is 1.25. The fraction of sp³-hybridized carbons (Fsp3) is 1.00. The Morgan fingerprint density at radius 3 is 2.91 bits per heavy atom. The van der Waals surface area contributed by atoms with E-state index in [2.05, 4.69) is 11.8 Å². The van der Waals surface area contributed by atoms with Gasteiger partial charge in [-0.2, -0.15) is 0 Å². The molecule has 3 atom stereocenters. The second-order valence-corrected chi connectivity index (χ2v) is 4.06. The highest BCUT2D eigenvalue weighted by atomic mass is 15.2. The average Bonchev–Trinajstić information content (AvgIpc) is 2.41. The third-order valence-electron chi connectivity index (χ3n) is 3.33. The van der Waals surface area contributed by atoms with Gasteiger partial charge in [0, 0.05) is 12.1 Å². The maximum Gasteiger partial charge on any atom is 0.0139 e. The van der Waals surface area contributed by atoms with Gasteiger partial charge in [-0.25, -0.2) is 0 Å². The van der Waals surface area contributed by atoms with Gasteiger partial charge in [0.2, 0.25) is 0 Å². The average molecular weight is 154 g/mol. The maximum atomic E-state index is 5.93. The molecule has 0 bridgehead atoms. The Kier molecular flexibility index (Phi) is 1.90. The highest BCUT2D eigenvalue weighted by Crippen LogP contribution is 2.33. The largest absolute Gasteiger partial charge is 0.328 e. The number of hydrogen-bond donors (Lipinski definition) is 1. The van der Waals surface area contributed by atoms with Crippen LogP contribution in [0.3, 0.4) is 0 Å². The molecule has 3 unspecified atom stereocenters. The van der Waals surface area contributed by atoms with Crippen molar-refractivity contribution in [2.24, 2.45) is 11.7 Å². The minimum atomic E-state index is 0.406. The Morgan fingerprint density at radius 2 is 2.18 bits per heavy atom. The topological polar surface area (TPSA) is 29.3 Å². The van der Waals surface area contributed by atoms with Crippen LogP contribution in [-0.4, -0.2) is 30.1 Å². The van der Waals surface area contributed by atoms with Crippen LogP contribution < -0.4 is 5.73 Å². The molecule has 2 heterocycles. The van der Waals surface area contributed by atoms with E-state index in [0.29, 0.717) is 6.04 Å². The van der Waals surface area contributed by atoms with Crippen molar-refractivity contribution in [1.82, 2.24) is 4.90 Å². The van der Waals surface area contributed by atoms with Crippen LogP contribution in [-0.2, 0) is 0 Å². The molecular formula is C9H18N2. The Bertz CT molecular complexity index is 144. The van der Waals surface area contributed by atoms with Crippen LogP contribution in [0.25, 0.3) is 0 Å². The molecule has 0 aliphatic carbocycles. The van der Waals surface area contributed by atoms with Crippen molar-refractivity contribution in [3.63, 3.8) is 0 Å². The standard InChI is InChI=1S/C9H18N2/c1-7(10)8-4-6-11-5-2-3-9(8)11/h7-9H,2-6,10H2,1H3. The zero-order valence-electron chi connectivity index (χ0n) is 7.29. The monoisotopic (exact) mass is 154 g/mol. The number of rotatable bonds is 1. The lowest BCUT2D eigenvalue weighted by Crippen LogP contribution is -2.35. The molecule has 0 saturated carbocycles. The van der Waals surface area contributed by atoms with Crippen molar-refractivity contribution < 1.29 is 0 Å². The molecule has 0 amide bonds. The van der Waals surface area contributed by atoms with E-state index in [4.69, 9.17) is 5.73 Å². The van der Waals surface area contributed by atoms with Crippen LogP contribution >= 0.6 is 0 Å². The predicted molar refractivity (Wildman–Crippen MR) is 46.4 cm³/mol. The van der Waals surface area contributed by atoms with Crippen LogP contribution in [0.15, 0.2) is 0 Å². The van der Waals surface area contributed by atoms with Crippen LogP contribution in [0, 0.1) is 5.92 Å². The first-order valence-electron chi connectivity index (χ1n) is 4.78. The molecule has 0 spiro atoms. The minimum Gasteiger partial charge on any atom is -0.328 e. The smallest absolute Gasteiger partial charge is 0.0139 e. The summed E-state index contributed by atoms with van der Waals surface area (Å²) in [7, 11) is 0. The van der Waals surface area contributed by atoms with Gasteiger partial charge in [-0.3, -0.25) is 0 Å². The first-order valence-corrected chi connectivity index (χ1v) is 4.78. The summed E-state index contributed by atoms with van der Waals surface area (Å²) >= 11 is 0. The predicted octanol–water partition coefficient (Wildman–Crippen LogP) is 0.818. The normalized spacial score (nSPS) is 40.9. The molecule has 2 nitrogen and oxygen atoms in total. The number of fused-ring (bicyclic) bond motifs is 1. The molecule has 11 heavy (non-hydrogen) atoms. The van der Waals surface area contributed by atoms with E-state index < -0.39 is 0 Å². The molecule has 0 aromatic carbocycles. The van der Waals surface area contributed by atoms with Gasteiger partial charge >= 0.3 is 0 Å². The zero-order chi connectivity index (χ0) is 7.84. The van der Waals surface area contributed by atoms with E-state index in [9.17, 15) is 0 Å². The van der Waals surface area contributed by atoms with Crippen molar-refractivity contribution >= 4 is 0 Å². The fourth-order valence-corrected chi connectivity index (χ4v) is 2.73. The first-order chi connectivity index (χ1) is 5.29. The lowest BCUT2D eigenvalue weighted by atomic mass is 9.92. The van der Waals surface area contributed by atoms with E-state index in [1.165, 1.54) is 32.4 Å².